The molecule has 9 nitrogen and oxygen atoms in total. The molecule has 26 heavy (non-hydrogen) atoms. The van der Waals surface area contributed by atoms with Crippen LogP contribution >= 0.6 is 11.8 Å². The number of hydrogen-bond donors (Lipinski definition) is 3. The Morgan fingerprint density at radius 1 is 1.31 bits per heavy atom. The van der Waals surface area contributed by atoms with E-state index in [1.807, 2.05) is 0 Å². The molecule has 0 aromatic carbocycles. The normalized spacial score (nSPS) is 12.9. The Bertz CT molecular complexity index is 642. The Kier molecular flexibility index (Phi) is 9.89. The fourth-order valence-electron chi connectivity index (χ4n) is 1.74. The fourth-order valence-corrected chi connectivity index (χ4v) is 3.71. The lowest BCUT2D eigenvalue weighted by molar-refractivity contribution is -0.143. The van der Waals surface area contributed by atoms with Gasteiger partial charge in [-0.3, -0.25) is 14.1 Å². The first-order chi connectivity index (χ1) is 11.7. The lowest BCUT2D eigenvalue weighted by atomic mass is 10.1. The van der Waals surface area contributed by atoms with Gasteiger partial charge in [-0.05, 0) is 13.8 Å². The molecule has 1 unspecified atom stereocenters. The molecule has 0 aliphatic carbocycles. The van der Waals surface area contributed by atoms with Crippen LogP contribution in [0.25, 0.3) is 0 Å². The predicted octanol–water partition coefficient (Wildman–Crippen LogP) is 0.712. The molecule has 0 rings (SSSR count). The Hall–Kier alpha value is -1.59. The van der Waals surface area contributed by atoms with E-state index in [-0.39, 0.29) is 24.5 Å². The van der Waals surface area contributed by atoms with Crippen LogP contribution in [0.1, 0.15) is 27.2 Å². The third-order valence-electron chi connectivity index (χ3n) is 2.98. The third-order valence-corrected chi connectivity index (χ3v) is 5.30. The first kappa shape index (κ1) is 24.4. The number of esters is 1. The fraction of sp³-hybridized carbons (Fsp3) is 0.667. The largest absolute Gasteiger partial charge is 0.478 e. The molecule has 0 saturated carbocycles. The van der Waals surface area contributed by atoms with E-state index in [1.54, 1.807) is 6.92 Å². The Balaban J connectivity index is 4.13. The summed E-state index contributed by atoms with van der Waals surface area (Å²) in [6.45, 7) is 7.49. The van der Waals surface area contributed by atoms with Crippen LogP contribution in [0.15, 0.2) is 12.2 Å². The zero-order chi connectivity index (χ0) is 20.5. The van der Waals surface area contributed by atoms with Crippen LogP contribution < -0.4 is 5.32 Å². The molecular weight excluding hydrogens is 386 g/mol. The lowest BCUT2D eigenvalue weighted by Crippen LogP contribution is -2.50. The maximum Gasteiger partial charge on any atom is 0.334 e. The van der Waals surface area contributed by atoms with Crippen molar-refractivity contribution in [2.45, 2.75) is 32.7 Å². The molecule has 0 heterocycles. The molecule has 11 heteroatoms. The number of rotatable bonds is 12. The molecule has 0 saturated heterocycles. The second-order valence-electron chi connectivity index (χ2n) is 6.39. The summed E-state index contributed by atoms with van der Waals surface area (Å²) < 4.78 is 35.5. The zero-order valence-corrected chi connectivity index (χ0v) is 16.6. The summed E-state index contributed by atoms with van der Waals surface area (Å²) >= 11 is 1.33. The van der Waals surface area contributed by atoms with Crippen molar-refractivity contribution >= 4 is 39.7 Å². The summed E-state index contributed by atoms with van der Waals surface area (Å²) in [5.41, 5.74) is -1.33. The van der Waals surface area contributed by atoms with Crippen molar-refractivity contribution in [3.63, 3.8) is 0 Å². The Labute approximate surface area is 157 Å². The summed E-state index contributed by atoms with van der Waals surface area (Å²) in [5, 5.41) is 11.1. The van der Waals surface area contributed by atoms with Crippen molar-refractivity contribution in [1.82, 2.24) is 5.32 Å². The monoisotopic (exact) mass is 411 g/mol. The minimum absolute atomic E-state index is 0.0557. The topological polar surface area (TPSA) is 147 Å². The summed E-state index contributed by atoms with van der Waals surface area (Å²) in [6.07, 6.45) is 0.0557. The van der Waals surface area contributed by atoms with Gasteiger partial charge in [0, 0.05) is 17.4 Å². The minimum atomic E-state index is -4.21. The van der Waals surface area contributed by atoms with Crippen LogP contribution in [-0.4, -0.2) is 65.3 Å². The molecule has 0 bridgehead atoms. The molecule has 0 radical (unpaired) electrons. The number of aliphatic carboxylic acids is 1. The highest BCUT2D eigenvalue weighted by Crippen LogP contribution is 2.13. The van der Waals surface area contributed by atoms with Gasteiger partial charge in [0.1, 0.15) is 6.61 Å². The number of nitrogens with one attached hydrogen (secondary N) is 1. The van der Waals surface area contributed by atoms with E-state index in [1.165, 1.54) is 25.6 Å². The van der Waals surface area contributed by atoms with Gasteiger partial charge in [0.25, 0.3) is 10.1 Å². The average Bonchev–Trinajstić information content (AvgIpc) is 2.45. The highest BCUT2D eigenvalue weighted by atomic mass is 32.2. The van der Waals surface area contributed by atoms with Gasteiger partial charge < -0.3 is 15.2 Å². The summed E-state index contributed by atoms with van der Waals surface area (Å²) in [7, 11) is -4.21. The van der Waals surface area contributed by atoms with Crippen LogP contribution in [0, 0.1) is 5.92 Å². The van der Waals surface area contributed by atoms with E-state index in [0.717, 1.165) is 0 Å². The quantitative estimate of drug-likeness (QED) is 0.183. The van der Waals surface area contributed by atoms with E-state index in [2.05, 4.69) is 11.9 Å². The van der Waals surface area contributed by atoms with E-state index in [9.17, 15) is 22.8 Å². The Morgan fingerprint density at radius 3 is 2.38 bits per heavy atom. The summed E-state index contributed by atoms with van der Waals surface area (Å²) in [4.78, 5) is 34.0. The number of carbonyl (C=O) groups excluding carboxylic acids is 2. The number of carboxylic acid groups (broad SMARTS) is 1. The zero-order valence-electron chi connectivity index (χ0n) is 15.0. The predicted molar refractivity (Wildman–Crippen MR) is 97.5 cm³/mol. The van der Waals surface area contributed by atoms with E-state index in [0.29, 0.717) is 11.5 Å². The first-order valence-electron chi connectivity index (χ1n) is 7.65. The molecule has 0 spiro atoms. The highest BCUT2D eigenvalue weighted by Gasteiger charge is 2.28. The lowest BCUT2D eigenvalue weighted by Gasteiger charge is -2.26. The smallest absolute Gasteiger partial charge is 0.334 e. The molecule has 1 atom stereocenters. The SMILES string of the molecule is C=C(COC(=O)CCSCC(C)C(=O)NC(C)(C)CS(=O)(=O)O)C(=O)O. The van der Waals surface area contributed by atoms with Gasteiger partial charge in [-0.1, -0.05) is 13.5 Å². The average molecular weight is 411 g/mol. The van der Waals surface area contributed by atoms with Gasteiger partial charge in [0.15, 0.2) is 0 Å². The van der Waals surface area contributed by atoms with Gasteiger partial charge in [-0.25, -0.2) is 4.79 Å². The number of carbonyl (C=O) groups is 3. The van der Waals surface area contributed by atoms with Crippen LogP contribution in [0.5, 0.6) is 0 Å². The van der Waals surface area contributed by atoms with E-state index >= 15 is 0 Å². The molecule has 0 fully saturated rings. The molecule has 1 amide bonds. The van der Waals surface area contributed by atoms with Gasteiger partial charge in [-0.15, -0.1) is 0 Å². The number of hydrogen-bond acceptors (Lipinski definition) is 7. The van der Waals surface area contributed by atoms with Crippen molar-refractivity contribution in [3.05, 3.63) is 12.2 Å². The number of carboxylic acids is 1. The van der Waals surface area contributed by atoms with Crippen molar-refractivity contribution < 1.29 is 37.2 Å². The Morgan fingerprint density at radius 2 is 1.88 bits per heavy atom. The highest BCUT2D eigenvalue weighted by molar-refractivity contribution is 7.99. The summed E-state index contributed by atoms with van der Waals surface area (Å²) in [5.74, 6) is -2.43. The van der Waals surface area contributed by atoms with Crippen LogP contribution in [-0.2, 0) is 29.2 Å². The number of thioether (sulfide) groups is 1. The summed E-state index contributed by atoms with van der Waals surface area (Å²) in [6, 6.07) is 0. The van der Waals surface area contributed by atoms with E-state index in [4.69, 9.17) is 14.4 Å². The first-order valence-corrected chi connectivity index (χ1v) is 10.4. The number of amides is 1. The van der Waals surface area contributed by atoms with Crippen molar-refractivity contribution in [2.75, 3.05) is 23.9 Å². The van der Waals surface area contributed by atoms with Crippen molar-refractivity contribution in [2.24, 2.45) is 5.92 Å². The molecule has 0 aliphatic rings. The molecule has 0 aromatic heterocycles. The van der Waals surface area contributed by atoms with Crippen LogP contribution in [0.4, 0.5) is 0 Å². The molecule has 3 N–H and O–H groups in total. The van der Waals surface area contributed by atoms with Gasteiger partial charge in [0.2, 0.25) is 5.91 Å². The molecule has 0 aromatic rings. The minimum Gasteiger partial charge on any atom is -0.478 e. The molecular formula is C15H25NO8S2. The maximum absolute atomic E-state index is 12.1. The van der Waals surface area contributed by atoms with Gasteiger partial charge in [0.05, 0.1) is 23.3 Å². The maximum atomic E-state index is 12.1. The second-order valence-corrected chi connectivity index (χ2v) is 9.00. The van der Waals surface area contributed by atoms with Gasteiger partial charge >= 0.3 is 11.9 Å². The van der Waals surface area contributed by atoms with Gasteiger partial charge in [-0.2, -0.15) is 20.2 Å². The van der Waals surface area contributed by atoms with Crippen LogP contribution in [0.2, 0.25) is 0 Å². The molecule has 150 valence electrons. The third kappa shape index (κ3) is 11.9. The van der Waals surface area contributed by atoms with Crippen molar-refractivity contribution in [3.8, 4) is 0 Å². The second kappa shape index (κ2) is 10.5. The number of ether oxygens (including phenoxy) is 1. The van der Waals surface area contributed by atoms with Crippen molar-refractivity contribution in [1.29, 1.82) is 0 Å². The van der Waals surface area contributed by atoms with Crippen LogP contribution in [0.3, 0.4) is 0 Å². The molecule has 0 aliphatic heterocycles. The standard InChI is InChI=1S/C15H25NO8S2/c1-10(14(19)20)7-24-12(17)5-6-25-8-11(2)13(18)16-15(3,4)9-26(21,22)23/h11H,1,5-9H2,2-4H3,(H,16,18)(H,19,20)(H,21,22,23). The van der Waals surface area contributed by atoms with E-state index < -0.39 is 39.3 Å².